The van der Waals surface area contributed by atoms with Gasteiger partial charge in [-0.3, -0.25) is 4.90 Å². The van der Waals surface area contributed by atoms with Gasteiger partial charge in [-0.25, -0.2) is 0 Å². The molecular weight excluding hydrogens is 406 g/mol. The van der Waals surface area contributed by atoms with E-state index >= 15 is 0 Å². The number of hydrogen-bond acceptors (Lipinski definition) is 7. The zero-order chi connectivity index (χ0) is 21.3. The van der Waals surface area contributed by atoms with Gasteiger partial charge in [0.2, 0.25) is 6.79 Å². The fraction of sp³-hybridized carbons (Fsp3) is 0.520. The number of hydrogen-bond donors (Lipinski definition) is 0. The first kappa shape index (κ1) is 19.9. The first-order valence-electron chi connectivity index (χ1n) is 11.9. The molecule has 7 heteroatoms. The monoisotopic (exact) mass is 437 g/mol. The van der Waals surface area contributed by atoms with Gasteiger partial charge < -0.3 is 28.7 Å². The number of rotatable bonds is 3. The van der Waals surface area contributed by atoms with Gasteiger partial charge in [0.05, 0.1) is 0 Å². The molecule has 32 heavy (non-hydrogen) atoms. The number of fused-ring (bicyclic) bond motifs is 2. The highest BCUT2D eigenvalue weighted by Crippen LogP contribution is 2.37. The summed E-state index contributed by atoms with van der Waals surface area (Å²) in [5.74, 6) is 3.48. The van der Waals surface area contributed by atoms with Crippen molar-refractivity contribution < 1.29 is 18.9 Å². The molecule has 0 unspecified atom stereocenters. The molecule has 4 heterocycles. The Morgan fingerprint density at radius 1 is 0.594 bits per heavy atom. The minimum absolute atomic E-state index is 0.332. The molecule has 0 saturated carbocycles. The molecule has 2 saturated heterocycles. The summed E-state index contributed by atoms with van der Waals surface area (Å²) >= 11 is 0. The fourth-order valence-corrected chi connectivity index (χ4v) is 5.36. The van der Waals surface area contributed by atoms with E-state index in [0.717, 1.165) is 55.7 Å². The molecule has 0 atom stereocenters. The molecule has 0 bridgehead atoms. The summed E-state index contributed by atoms with van der Waals surface area (Å²) in [5.41, 5.74) is 2.49. The van der Waals surface area contributed by atoms with Gasteiger partial charge in [0.15, 0.2) is 23.0 Å². The Labute approximate surface area is 189 Å². The number of ether oxygens (including phenoxy) is 4. The first-order chi connectivity index (χ1) is 15.8. The normalized spacial score (nSPS) is 21.5. The maximum atomic E-state index is 5.79. The summed E-state index contributed by atoms with van der Waals surface area (Å²) in [4.78, 5) is 7.70. The predicted molar refractivity (Wildman–Crippen MR) is 124 cm³/mol. The molecule has 6 rings (SSSR count). The molecule has 7 nitrogen and oxygen atoms in total. The Kier molecular flexibility index (Phi) is 5.35. The maximum Gasteiger partial charge on any atom is 0.231 e. The second-order valence-electron chi connectivity index (χ2n) is 8.96. The van der Waals surface area contributed by atoms with Gasteiger partial charge in [0.25, 0.3) is 0 Å². The third-order valence-electron chi connectivity index (χ3n) is 7.12. The zero-order valence-corrected chi connectivity index (χ0v) is 18.5. The lowest BCUT2D eigenvalue weighted by atomic mass is 10.0. The molecule has 170 valence electrons. The Bertz CT molecular complexity index is 960. The van der Waals surface area contributed by atoms with E-state index in [1.807, 2.05) is 6.07 Å². The second kappa shape index (κ2) is 8.62. The molecule has 0 amide bonds. The molecule has 2 aromatic rings. The van der Waals surface area contributed by atoms with Crippen LogP contribution in [-0.2, 0) is 0 Å². The van der Waals surface area contributed by atoms with Gasteiger partial charge in [-0.2, -0.15) is 0 Å². The van der Waals surface area contributed by atoms with E-state index in [-0.39, 0.29) is 0 Å². The topological polar surface area (TPSA) is 46.6 Å². The number of piperidine rings is 1. The van der Waals surface area contributed by atoms with Crippen LogP contribution in [0.2, 0.25) is 0 Å². The SMILES string of the molecule is c1cc2c(cc1N1CCC(N3CCCN(c4ccc5c(c4)OCCO5)CC3)CC1)OCO2. The highest BCUT2D eigenvalue weighted by atomic mass is 16.7. The van der Waals surface area contributed by atoms with Crippen molar-refractivity contribution in [3.8, 4) is 23.0 Å². The van der Waals surface area contributed by atoms with Gasteiger partial charge in [-0.05, 0) is 43.5 Å². The van der Waals surface area contributed by atoms with Gasteiger partial charge in [-0.15, -0.1) is 0 Å². The Morgan fingerprint density at radius 2 is 1.22 bits per heavy atom. The minimum Gasteiger partial charge on any atom is -0.486 e. The molecule has 0 N–H and O–H groups in total. The van der Waals surface area contributed by atoms with Crippen molar-refractivity contribution in [2.24, 2.45) is 0 Å². The van der Waals surface area contributed by atoms with Crippen molar-refractivity contribution >= 4 is 11.4 Å². The molecule has 0 aliphatic carbocycles. The summed E-state index contributed by atoms with van der Waals surface area (Å²) in [5, 5.41) is 0. The van der Waals surface area contributed by atoms with Crippen molar-refractivity contribution in [1.82, 2.24) is 4.90 Å². The van der Waals surface area contributed by atoms with Crippen molar-refractivity contribution in [2.45, 2.75) is 25.3 Å². The highest BCUT2D eigenvalue weighted by molar-refractivity contribution is 5.58. The lowest BCUT2D eigenvalue weighted by molar-refractivity contribution is 0.171. The average Bonchev–Trinajstić information content (AvgIpc) is 3.19. The molecule has 2 aromatic carbocycles. The van der Waals surface area contributed by atoms with Crippen molar-refractivity contribution in [3.63, 3.8) is 0 Å². The number of nitrogens with zero attached hydrogens (tertiary/aromatic N) is 3. The summed E-state index contributed by atoms with van der Waals surface area (Å²) < 4.78 is 22.5. The second-order valence-corrected chi connectivity index (χ2v) is 8.96. The van der Waals surface area contributed by atoms with E-state index < -0.39 is 0 Å². The first-order valence-corrected chi connectivity index (χ1v) is 11.9. The Balaban J connectivity index is 1.05. The molecule has 0 spiro atoms. The third kappa shape index (κ3) is 3.90. The van der Waals surface area contributed by atoms with Gasteiger partial charge in [0.1, 0.15) is 13.2 Å². The lowest BCUT2D eigenvalue weighted by Gasteiger charge is -2.39. The van der Waals surface area contributed by atoms with E-state index in [4.69, 9.17) is 18.9 Å². The quantitative estimate of drug-likeness (QED) is 0.730. The van der Waals surface area contributed by atoms with Crippen molar-refractivity contribution in [3.05, 3.63) is 36.4 Å². The smallest absolute Gasteiger partial charge is 0.231 e. The van der Waals surface area contributed by atoms with Gasteiger partial charge >= 0.3 is 0 Å². The third-order valence-corrected chi connectivity index (χ3v) is 7.12. The predicted octanol–water partition coefficient (Wildman–Crippen LogP) is 3.37. The molecule has 0 radical (unpaired) electrons. The summed E-state index contributed by atoms with van der Waals surface area (Å²) in [6, 6.07) is 13.4. The van der Waals surface area contributed by atoms with Crippen LogP contribution in [0.15, 0.2) is 36.4 Å². The Morgan fingerprint density at radius 3 is 2.00 bits per heavy atom. The Hall–Kier alpha value is -2.80. The van der Waals surface area contributed by atoms with E-state index in [1.54, 1.807) is 0 Å². The van der Waals surface area contributed by atoms with Crippen LogP contribution >= 0.6 is 0 Å². The van der Waals surface area contributed by atoms with Crippen LogP contribution in [0, 0.1) is 0 Å². The molecule has 2 fully saturated rings. The number of benzene rings is 2. The van der Waals surface area contributed by atoms with Crippen LogP contribution in [0.25, 0.3) is 0 Å². The molecule has 4 aliphatic heterocycles. The minimum atomic E-state index is 0.332. The van der Waals surface area contributed by atoms with E-state index in [0.29, 0.717) is 26.0 Å². The van der Waals surface area contributed by atoms with Crippen LogP contribution in [0.3, 0.4) is 0 Å². The number of anilines is 2. The summed E-state index contributed by atoms with van der Waals surface area (Å²) in [6.07, 6.45) is 3.60. The van der Waals surface area contributed by atoms with Gasteiger partial charge in [-0.1, -0.05) is 0 Å². The lowest BCUT2D eigenvalue weighted by Crippen LogP contribution is -2.46. The fourth-order valence-electron chi connectivity index (χ4n) is 5.36. The maximum absolute atomic E-state index is 5.79. The van der Waals surface area contributed by atoms with Crippen LogP contribution in [-0.4, -0.2) is 70.2 Å². The van der Waals surface area contributed by atoms with Crippen LogP contribution in [0.1, 0.15) is 19.3 Å². The van der Waals surface area contributed by atoms with Gasteiger partial charge in [0, 0.05) is 68.8 Å². The van der Waals surface area contributed by atoms with E-state index in [9.17, 15) is 0 Å². The van der Waals surface area contributed by atoms with Crippen molar-refractivity contribution in [2.75, 3.05) is 69.1 Å². The molecule has 0 aromatic heterocycles. The molecular formula is C25H31N3O4. The average molecular weight is 438 g/mol. The van der Waals surface area contributed by atoms with Crippen LogP contribution in [0.5, 0.6) is 23.0 Å². The largest absolute Gasteiger partial charge is 0.486 e. The van der Waals surface area contributed by atoms with Crippen molar-refractivity contribution in [1.29, 1.82) is 0 Å². The summed E-state index contributed by atoms with van der Waals surface area (Å²) in [7, 11) is 0. The highest BCUT2D eigenvalue weighted by Gasteiger charge is 2.27. The van der Waals surface area contributed by atoms with Crippen LogP contribution < -0.4 is 28.7 Å². The summed E-state index contributed by atoms with van der Waals surface area (Å²) in [6.45, 7) is 8.22. The standard InChI is InChI=1S/C25H31N3O4/c1-8-26(12-13-27(9-1)20-2-4-22-24(16-20)30-15-14-29-22)19-6-10-28(11-7-19)21-3-5-23-25(17-21)32-18-31-23/h2-5,16-17,19H,1,6-15,18H2. The molecule has 4 aliphatic rings. The van der Waals surface area contributed by atoms with Crippen LogP contribution in [0.4, 0.5) is 11.4 Å². The van der Waals surface area contributed by atoms with E-state index in [1.165, 1.54) is 37.2 Å². The van der Waals surface area contributed by atoms with E-state index in [2.05, 4.69) is 45.0 Å². The zero-order valence-electron chi connectivity index (χ0n) is 18.5.